The molecule has 5 aliphatic rings. The number of anilines is 4. The van der Waals surface area contributed by atoms with Crippen LogP contribution < -0.4 is 25.9 Å². The Morgan fingerprint density at radius 2 is 1.12 bits per heavy atom. The lowest BCUT2D eigenvalue weighted by Gasteiger charge is -2.38. The number of nitrogens with one attached hydrogen (secondary N) is 2. The molecule has 4 aromatic rings. The Bertz CT molecular complexity index is 2380. The summed E-state index contributed by atoms with van der Waals surface area (Å²) in [7, 11) is 3.08. The molecule has 0 aromatic carbocycles. The second kappa shape index (κ2) is 21.9. The molecular formula is C48H67BBrClN10O8. The van der Waals surface area contributed by atoms with Gasteiger partial charge < -0.3 is 39.6 Å². The molecule has 21 heteroatoms. The van der Waals surface area contributed by atoms with Crippen molar-refractivity contribution in [3.05, 3.63) is 65.0 Å². The fraction of sp³-hybridized carbons (Fsp3) is 0.583. The van der Waals surface area contributed by atoms with Crippen LogP contribution in [-0.2, 0) is 39.6 Å². The van der Waals surface area contributed by atoms with Crippen LogP contribution >= 0.6 is 28.3 Å². The monoisotopic (exact) mass is 1040 g/mol. The van der Waals surface area contributed by atoms with Crippen molar-refractivity contribution in [3.8, 4) is 11.3 Å². The van der Waals surface area contributed by atoms with Crippen molar-refractivity contribution in [3.63, 3.8) is 0 Å². The van der Waals surface area contributed by atoms with Gasteiger partial charge in [0.1, 0.15) is 15.8 Å². The lowest BCUT2D eigenvalue weighted by Crippen LogP contribution is -2.49. The van der Waals surface area contributed by atoms with Gasteiger partial charge in [-0.25, -0.2) is 19.9 Å². The zero-order valence-electron chi connectivity index (χ0n) is 41.3. The van der Waals surface area contributed by atoms with Crippen LogP contribution in [0.15, 0.2) is 53.7 Å². The van der Waals surface area contributed by atoms with Crippen LogP contribution in [0, 0.1) is 0 Å². The van der Waals surface area contributed by atoms with Crippen LogP contribution in [-0.4, -0.2) is 122 Å². The number of amides is 2. The Morgan fingerprint density at radius 3 is 1.54 bits per heavy atom. The first-order chi connectivity index (χ1) is 32.1. The summed E-state index contributed by atoms with van der Waals surface area (Å²) < 4.78 is 23.4. The molecule has 0 bridgehead atoms. The number of ether oxygens (including phenoxy) is 2. The molecule has 2 saturated carbocycles. The van der Waals surface area contributed by atoms with E-state index < -0.39 is 18.3 Å². The number of nitrogens with zero attached hydrogens (tertiary/aromatic N) is 8. The molecule has 4 aromatic heterocycles. The highest BCUT2D eigenvalue weighted by Crippen LogP contribution is 2.38. The molecule has 3 aliphatic heterocycles. The third-order valence-corrected chi connectivity index (χ3v) is 14.0. The number of hydrogen-bond acceptors (Lipinski definition) is 16. The predicted molar refractivity (Wildman–Crippen MR) is 271 cm³/mol. The summed E-state index contributed by atoms with van der Waals surface area (Å²) in [5.41, 5.74) is 0.863. The number of carbonyl (C=O) groups is 2. The van der Waals surface area contributed by atoms with Gasteiger partial charge in [0.2, 0.25) is 11.8 Å². The molecule has 0 radical (unpaired) electrons. The molecule has 1 saturated heterocycles. The van der Waals surface area contributed by atoms with Crippen LogP contribution in [0.3, 0.4) is 0 Å². The number of pyridine rings is 2. The molecule has 9 rings (SSSR count). The molecular weight excluding hydrogens is 975 g/mol. The first kappa shape index (κ1) is 53.9. The number of methoxy groups -OCH3 is 2. The summed E-state index contributed by atoms with van der Waals surface area (Å²) >= 11 is 3.32. The Balaban J connectivity index is 0.000000174. The molecule has 18 nitrogen and oxygen atoms in total. The van der Waals surface area contributed by atoms with Gasteiger partial charge >= 0.3 is 7.12 Å². The van der Waals surface area contributed by atoms with E-state index in [-0.39, 0.29) is 66.7 Å². The largest absolute Gasteiger partial charge is 0.496 e. The number of aromatic nitrogens is 6. The Kier molecular flexibility index (Phi) is 17.1. The molecule has 3 fully saturated rings. The van der Waals surface area contributed by atoms with E-state index >= 15 is 0 Å². The van der Waals surface area contributed by atoms with Gasteiger partial charge in [-0.1, -0.05) is 6.07 Å². The van der Waals surface area contributed by atoms with Crippen LogP contribution in [0.4, 0.5) is 23.3 Å². The van der Waals surface area contributed by atoms with Gasteiger partial charge in [0.05, 0.1) is 66.0 Å². The molecule has 69 heavy (non-hydrogen) atoms. The fourth-order valence-electron chi connectivity index (χ4n) is 8.81. The third kappa shape index (κ3) is 12.6. The fourth-order valence-corrected chi connectivity index (χ4v) is 9.08. The summed E-state index contributed by atoms with van der Waals surface area (Å²) in [6, 6.07) is 7.64. The van der Waals surface area contributed by atoms with E-state index in [1.807, 2.05) is 49.6 Å². The number of aliphatic hydroxyl groups is 2. The van der Waals surface area contributed by atoms with Gasteiger partial charge in [0, 0.05) is 49.7 Å². The van der Waals surface area contributed by atoms with Gasteiger partial charge in [0.15, 0.2) is 23.3 Å². The average molecular weight is 1040 g/mol. The summed E-state index contributed by atoms with van der Waals surface area (Å²) in [6.07, 6.45) is 14.8. The van der Waals surface area contributed by atoms with Crippen molar-refractivity contribution < 1.29 is 38.6 Å². The smallest absolute Gasteiger partial charge is 0.399 e. The van der Waals surface area contributed by atoms with Crippen LogP contribution in [0.25, 0.3) is 11.3 Å². The van der Waals surface area contributed by atoms with Gasteiger partial charge in [-0.05, 0) is 141 Å². The normalized spacial score (nSPS) is 22.9. The molecule has 2 amide bonds. The second-order valence-corrected chi connectivity index (χ2v) is 20.8. The quantitative estimate of drug-likeness (QED) is 0.139. The Hall–Kier alpha value is -4.41. The van der Waals surface area contributed by atoms with Crippen molar-refractivity contribution >= 4 is 76.0 Å². The van der Waals surface area contributed by atoms with Crippen LogP contribution in [0.5, 0.6) is 0 Å². The maximum Gasteiger partial charge on any atom is 0.496 e. The highest BCUT2D eigenvalue weighted by Gasteiger charge is 2.52. The van der Waals surface area contributed by atoms with E-state index in [9.17, 15) is 19.8 Å². The van der Waals surface area contributed by atoms with Gasteiger partial charge in [-0.2, -0.15) is 0 Å². The SMILES string of the molecule is CC1(C)OB(c2ccc([14C](C)(C)O)nc2)OC1(C)C.COC1CCC(N2C(=O)CNc3ncc(-c4ccc([14C](C)(C)O)nc4)nc32)CC1.COC1CCC(N2C(=O)CNc3ncc(Br)nc32)CC1.Cl. The maximum atomic E-state index is 12.7. The van der Waals surface area contributed by atoms with E-state index in [2.05, 4.69) is 51.5 Å². The summed E-state index contributed by atoms with van der Waals surface area (Å²) in [4.78, 5) is 55.3. The van der Waals surface area contributed by atoms with E-state index in [0.29, 0.717) is 51.1 Å². The van der Waals surface area contributed by atoms with E-state index in [4.69, 9.17) is 23.8 Å². The first-order valence-corrected chi connectivity index (χ1v) is 24.2. The molecule has 0 atom stereocenters. The van der Waals surface area contributed by atoms with Gasteiger partial charge in [0.25, 0.3) is 0 Å². The third-order valence-electron chi connectivity index (χ3n) is 13.6. The lowest BCUT2D eigenvalue weighted by atomic mass is 9.80. The molecule has 2 aliphatic carbocycles. The van der Waals surface area contributed by atoms with Crippen LogP contribution in [0.1, 0.15) is 118 Å². The van der Waals surface area contributed by atoms with Crippen molar-refractivity contribution in [1.82, 2.24) is 29.9 Å². The number of carbonyl (C=O) groups excluding carboxylic acids is 2. The number of rotatable bonds is 8. The minimum Gasteiger partial charge on any atom is -0.399 e. The Morgan fingerprint density at radius 1 is 0.667 bits per heavy atom. The topological polar surface area (TPSA) is 219 Å². The highest BCUT2D eigenvalue weighted by molar-refractivity contribution is 9.10. The second-order valence-electron chi connectivity index (χ2n) is 20.0. The maximum absolute atomic E-state index is 12.7. The van der Waals surface area contributed by atoms with Crippen LogP contribution in [0.2, 0.25) is 0 Å². The number of fused-ring (bicyclic) bond motifs is 2. The van der Waals surface area contributed by atoms with Crippen molar-refractivity contribution in [2.24, 2.45) is 0 Å². The molecule has 4 N–H and O–H groups in total. The number of hydrogen-bond donors (Lipinski definition) is 4. The molecule has 0 spiro atoms. The Labute approximate surface area is 420 Å². The first-order valence-electron chi connectivity index (χ1n) is 23.4. The molecule has 7 heterocycles. The number of halogens is 2. The predicted octanol–water partition coefficient (Wildman–Crippen LogP) is 6.47. The van der Waals surface area contributed by atoms with E-state index in [1.54, 1.807) is 78.8 Å². The summed E-state index contributed by atoms with van der Waals surface area (Å²) in [5, 5.41) is 26.1. The molecule has 0 unspecified atom stereocenters. The highest BCUT2D eigenvalue weighted by atomic mass is 79.9. The summed E-state index contributed by atoms with van der Waals surface area (Å²) in [5.74, 6) is 2.60. The van der Waals surface area contributed by atoms with Gasteiger partial charge in [-0.15, -0.1) is 12.4 Å². The minimum atomic E-state index is -1.01. The lowest BCUT2D eigenvalue weighted by molar-refractivity contribution is -0.118. The van der Waals surface area contributed by atoms with Crippen molar-refractivity contribution in [1.29, 1.82) is 0 Å². The standard InChI is InChI=1S/C21H27N5O3.C14H22BNO3.C13H17BrN4O2.ClH/c1-21(2,28)17-9-4-13(10-22-17)16-11-23-19-20(25-16)26(18(27)12-24-19)14-5-7-15(29-3)8-6-14;1-12(2,17)11-8-7-10(9-16-11)15-18-13(3,4)14(5,6)19-15;1-20-9-4-2-8(3-5-9)18-11(19)7-16-12-13(18)17-10(14)6-15-12;/h4,9-11,14-15,28H,5-8,12H2,1-3H3,(H,23,24);7-9,17H,1-6H3;6,8-9H,2-5,7H2,1H3,(H,15,16);1H/i21+2;12+2;;. The average Bonchev–Trinajstić information content (AvgIpc) is 3.54. The van der Waals surface area contributed by atoms with Crippen molar-refractivity contribution in [2.75, 3.05) is 47.7 Å². The zero-order valence-corrected chi connectivity index (χ0v) is 43.7. The van der Waals surface area contributed by atoms with Crippen molar-refractivity contribution in [2.45, 2.75) is 153 Å². The summed E-state index contributed by atoms with van der Waals surface area (Å²) in [6.45, 7) is 15.4. The van der Waals surface area contributed by atoms with E-state index in [0.717, 1.165) is 62.4 Å². The minimum absolute atomic E-state index is 0. The van der Waals surface area contributed by atoms with E-state index in [1.165, 1.54) is 0 Å². The molecule has 374 valence electrons. The zero-order chi connectivity index (χ0) is 49.2. The van der Waals surface area contributed by atoms with Gasteiger partial charge in [-0.3, -0.25) is 29.4 Å².